The molecule has 2 fully saturated rings. The Labute approximate surface area is 107 Å². The van der Waals surface area contributed by atoms with Crippen molar-refractivity contribution in [1.29, 1.82) is 0 Å². The maximum absolute atomic E-state index is 6.18. The number of rotatable bonds is 3. The van der Waals surface area contributed by atoms with Crippen LogP contribution in [0.5, 0.6) is 0 Å². The summed E-state index contributed by atoms with van der Waals surface area (Å²) in [7, 11) is 0. The Balaban J connectivity index is 1.72. The molecule has 1 N–H and O–H groups in total. The van der Waals surface area contributed by atoms with Gasteiger partial charge in [-0.1, -0.05) is 11.6 Å². The highest BCUT2D eigenvalue weighted by Crippen LogP contribution is 2.36. The van der Waals surface area contributed by atoms with Crippen molar-refractivity contribution in [1.82, 2.24) is 15.2 Å². The van der Waals surface area contributed by atoms with Gasteiger partial charge in [0, 0.05) is 44.6 Å². The van der Waals surface area contributed by atoms with Crippen molar-refractivity contribution < 1.29 is 0 Å². The average molecular weight is 252 g/mol. The number of nitrogens with one attached hydrogen (secondary N) is 1. The summed E-state index contributed by atoms with van der Waals surface area (Å²) < 4.78 is 0. The van der Waals surface area contributed by atoms with Gasteiger partial charge in [0.15, 0.2) is 0 Å². The van der Waals surface area contributed by atoms with Crippen molar-refractivity contribution in [2.24, 2.45) is 5.92 Å². The standard InChI is InChI=1S/C13H18ClN3/c14-12-7-15-4-3-11(12)9-17-6-5-16-8-13(17)10-1-2-10/h3-4,7,10,13,16H,1-2,5-6,8-9H2. The molecule has 1 aromatic heterocycles. The third kappa shape index (κ3) is 2.62. The fraction of sp³-hybridized carbons (Fsp3) is 0.615. The number of halogens is 1. The average Bonchev–Trinajstić information content (AvgIpc) is 3.17. The molecule has 1 unspecified atom stereocenters. The van der Waals surface area contributed by atoms with Gasteiger partial charge in [0.25, 0.3) is 0 Å². The molecule has 0 amide bonds. The molecule has 17 heavy (non-hydrogen) atoms. The molecule has 1 aromatic rings. The van der Waals surface area contributed by atoms with E-state index < -0.39 is 0 Å². The lowest BCUT2D eigenvalue weighted by molar-refractivity contribution is 0.135. The molecule has 1 aliphatic heterocycles. The molecule has 3 rings (SSSR count). The van der Waals surface area contributed by atoms with Gasteiger partial charge in [-0.2, -0.15) is 0 Å². The van der Waals surface area contributed by atoms with Crippen LogP contribution in [0.4, 0.5) is 0 Å². The molecule has 1 atom stereocenters. The van der Waals surface area contributed by atoms with E-state index in [-0.39, 0.29) is 0 Å². The maximum Gasteiger partial charge on any atom is 0.0634 e. The Kier molecular flexibility index (Phi) is 3.32. The molecule has 0 aromatic carbocycles. The van der Waals surface area contributed by atoms with Crippen LogP contribution < -0.4 is 5.32 Å². The number of hydrogen-bond acceptors (Lipinski definition) is 3. The first-order valence-corrected chi connectivity index (χ1v) is 6.75. The second kappa shape index (κ2) is 4.92. The minimum absolute atomic E-state index is 0.702. The van der Waals surface area contributed by atoms with E-state index in [9.17, 15) is 0 Å². The third-order valence-electron chi connectivity index (χ3n) is 3.79. The largest absolute Gasteiger partial charge is 0.314 e. The molecule has 0 radical (unpaired) electrons. The molecule has 0 spiro atoms. The summed E-state index contributed by atoms with van der Waals surface area (Å²) in [6, 6.07) is 2.74. The molecule has 1 saturated heterocycles. The summed E-state index contributed by atoms with van der Waals surface area (Å²) in [5, 5.41) is 4.29. The van der Waals surface area contributed by atoms with Gasteiger partial charge in [-0.15, -0.1) is 0 Å². The van der Waals surface area contributed by atoms with Gasteiger partial charge in [0.05, 0.1) is 5.02 Å². The van der Waals surface area contributed by atoms with Crippen molar-refractivity contribution in [2.75, 3.05) is 19.6 Å². The third-order valence-corrected chi connectivity index (χ3v) is 4.13. The number of nitrogens with zero attached hydrogens (tertiary/aromatic N) is 2. The molecule has 4 heteroatoms. The first-order valence-electron chi connectivity index (χ1n) is 6.38. The van der Waals surface area contributed by atoms with Gasteiger partial charge in [-0.25, -0.2) is 0 Å². The second-order valence-electron chi connectivity index (χ2n) is 5.05. The molecule has 92 valence electrons. The number of pyridine rings is 1. The fourth-order valence-corrected chi connectivity index (χ4v) is 2.84. The van der Waals surface area contributed by atoms with Crippen LogP contribution in [0, 0.1) is 5.92 Å². The zero-order valence-corrected chi connectivity index (χ0v) is 10.7. The van der Waals surface area contributed by atoms with Crippen LogP contribution >= 0.6 is 11.6 Å². The van der Waals surface area contributed by atoms with Crippen molar-refractivity contribution in [2.45, 2.75) is 25.4 Å². The first kappa shape index (κ1) is 11.5. The Morgan fingerprint density at radius 2 is 2.35 bits per heavy atom. The van der Waals surface area contributed by atoms with Crippen molar-refractivity contribution in [3.8, 4) is 0 Å². The van der Waals surface area contributed by atoms with Crippen LogP contribution in [0.1, 0.15) is 18.4 Å². The van der Waals surface area contributed by atoms with E-state index in [0.29, 0.717) is 6.04 Å². The molecule has 3 nitrogen and oxygen atoms in total. The summed E-state index contributed by atoms with van der Waals surface area (Å²) in [6.07, 6.45) is 6.36. The summed E-state index contributed by atoms with van der Waals surface area (Å²) in [4.78, 5) is 6.62. The lowest BCUT2D eigenvalue weighted by Crippen LogP contribution is -2.51. The van der Waals surface area contributed by atoms with E-state index >= 15 is 0 Å². The minimum Gasteiger partial charge on any atom is -0.314 e. The van der Waals surface area contributed by atoms with Crippen LogP contribution in [0.25, 0.3) is 0 Å². The monoisotopic (exact) mass is 251 g/mol. The number of aromatic nitrogens is 1. The van der Waals surface area contributed by atoms with Crippen molar-refractivity contribution in [3.63, 3.8) is 0 Å². The van der Waals surface area contributed by atoms with E-state index in [1.165, 1.54) is 18.4 Å². The topological polar surface area (TPSA) is 28.2 Å². The summed E-state index contributed by atoms with van der Waals surface area (Å²) in [5.41, 5.74) is 1.20. The van der Waals surface area contributed by atoms with E-state index in [4.69, 9.17) is 11.6 Å². The Morgan fingerprint density at radius 3 is 3.12 bits per heavy atom. The molecule has 1 aliphatic carbocycles. The summed E-state index contributed by atoms with van der Waals surface area (Å²) in [6.45, 7) is 4.31. The molecular formula is C13H18ClN3. The van der Waals surface area contributed by atoms with Crippen LogP contribution in [0.15, 0.2) is 18.5 Å². The second-order valence-corrected chi connectivity index (χ2v) is 5.45. The normalized spacial score (nSPS) is 26.1. The predicted octanol–water partition coefficient (Wildman–Crippen LogP) is 1.92. The van der Waals surface area contributed by atoms with E-state index in [2.05, 4.69) is 15.2 Å². The van der Waals surface area contributed by atoms with E-state index in [1.54, 1.807) is 6.20 Å². The summed E-state index contributed by atoms with van der Waals surface area (Å²) >= 11 is 6.18. The lowest BCUT2D eigenvalue weighted by Gasteiger charge is -2.36. The maximum atomic E-state index is 6.18. The number of piperazine rings is 1. The molecule has 0 bridgehead atoms. The fourth-order valence-electron chi connectivity index (χ4n) is 2.66. The molecular weight excluding hydrogens is 234 g/mol. The van der Waals surface area contributed by atoms with Crippen LogP contribution in [0.2, 0.25) is 5.02 Å². The van der Waals surface area contributed by atoms with Crippen LogP contribution in [0.3, 0.4) is 0 Å². The van der Waals surface area contributed by atoms with Gasteiger partial charge in [-0.05, 0) is 30.4 Å². The van der Waals surface area contributed by atoms with Gasteiger partial charge in [0.1, 0.15) is 0 Å². The highest BCUT2D eigenvalue weighted by Gasteiger charge is 2.36. The van der Waals surface area contributed by atoms with Gasteiger partial charge < -0.3 is 5.32 Å². The Bertz CT molecular complexity index is 392. The predicted molar refractivity (Wildman–Crippen MR) is 69.0 cm³/mol. The van der Waals surface area contributed by atoms with Crippen LogP contribution in [-0.4, -0.2) is 35.6 Å². The highest BCUT2D eigenvalue weighted by molar-refractivity contribution is 6.31. The minimum atomic E-state index is 0.702. The first-order chi connectivity index (χ1) is 8.34. The number of hydrogen-bond donors (Lipinski definition) is 1. The van der Waals surface area contributed by atoms with Gasteiger partial charge in [0.2, 0.25) is 0 Å². The van der Waals surface area contributed by atoms with E-state index in [0.717, 1.165) is 37.1 Å². The van der Waals surface area contributed by atoms with Crippen molar-refractivity contribution >= 4 is 11.6 Å². The molecule has 1 saturated carbocycles. The lowest BCUT2D eigenvalue weighted by atomic mass is 10.1. The Hall–Kier alpha value is -0.640. The van der Waals surface area contributed by atoms with Crippen LogP contribution in [-0.2, 0) is 6.54 Å². The zero-order valence-electron chi connectivity index (χ0n) is 9.90. The summed E-state index contributed by atoms with van der Waals surface area (Å²) in [5.74, 6) is 0.906. The zero-order chi connectivity index (χ0) is 11.7. The van der Waals surface area contributed by atoms with Crippen molar-refractivity contribution in [3.05, 3.63) is 29.0 Å². The molecule has 2 heterocycles. The quantitative estimate of drug-likeness (QED) is 0.890. The Morgan fingerprint density at radius 1 is 1.47 bits per heavy atom. The molecule has 2 aliphatic rings. The van der Waals surface area contributed by atoms with Gasteiger partial charge >= 0.3 is 0 Å². The highest BCUT2D eigenvalue weighted by atomic mass is 35.5. The smallest absolute Gasteiger partial charge is 0.0634 e. The SMILES string of the molecule is Clc1cnccc1CN1CCNCC1C1CC1. The van der Waals surface area contributed by atoms with Gasteiger partial charge in [-0.3, -0.25) is 9.88 Å². The van der Waals surface area contributed by atoms with E-state index in [1.807, 2.05) is 12.3 Å².